The highest BCUT2D eigenvalue weighted by molar-refractivity contribution is 6.32. The molecule has 1 fully saturated rings. The minimum absolute atomic E-state index is 0.142. The maximum atomic E-state index is 10.8. The van der Waals surface area contributed by atoms with Gasteiger partial charge in [-0.2, -0.15) is 5.10 Å². The van der Waals surface area contributed by atoms with Crippen molar-refractivity contribution in [1.82, 2.24) is 25.3 Å². The van der Waals surface area contributed by atoms with Crippen molar-refractivity contribution < 1.29 is 14.6 Å². The number of nitrogens with one attached hydrogen (secondary N) is 2. The quantitative estimate of drug-likeness (QED) is 0.319. The molecule has 216 valence electrons. The van der Waals surface area contributed by atoms with Crippen LogP contribution in [0.3, 0.4) is 0 Å². The summed E-state index contributed by atoms with van der Waals surface area (Å²) in [5, 5.41) is 21.5. The van der Waals surface area contributed by atoms with Gasteiger partial charge in [0.15, 0.2) is 0 Å². The van der Waals surface area contributed by atoms with E-state index in [1.54, 1.807) is 6.07 Å². The standard InChI is InChI=1S/C31H35Cl2N5O3/c1-21-20-41-14-13-37(21)11-2-12-38-29-9-10-34-18-26(29)31(36-38)24-6-8-27(32)23(16-24)5-3-22-4-7-28(33)25(15-22)17-35-19-30(39)40/h4,6-8,15-16,21,34-35H,2,9-14,17-20H2,1H3,(H,39,40)/t21-/m0/s1. The van der Waals surface area contributed by atoms with Crippen molar-refractivity contribution in [2.45, 2.75) is 45.4 Å². The molecule has 0 spiro atoms. The molecule has 2 aliphatic heterocycles. The van der Waals surface area contributed by atoms with Crippen LogP contribution in [-0.4, -0.2) is 71.2 Å². The summed E-state index contributed by atoms with van der Waals surface area (Å²) in [5.41, 5.74) is 6.79. The van der Waals surface area contributed by atoms with Gasteiger partial charge < -0.3 is 20.5 Å². The minimum atomic E-state index is -0.920. The minimum Gasteiger partial charge on any atom is -0.480 e. The van der Waals surface area contributed by atoms with E-state index in [4.69, 9.17) is 38.1 Å². The van der Waals surface area contributed by atoms with Gasteiger partial charge in [-0.1, -0.05) is 41.1 Å². The van der Waals surface area contributed by atoms with Crippen LogP contribution in [0.25, 0.3) is 11.3 Å². The number of aromatic nitrogens is 2. The van der Waals surface area contributed by atoms with Crippen LogP contribution in [0.2, 0.25) is 10.0 Å². The number of hydrogen-bond donors (Lipinski definition) is 3. The van der Waals surface area contributed by atoms with Crippen molar-refractivity contribution in [3.63, 3.8) is 0 Å². The number of ether oxygens (including phenoxy) is 1. The van der Waals surface area contributed by atoms with Crippen LogP contribution in [0.1, 0.15) is 41.3 Å². The van der Waals surface area contributed by atoms with Gasteiger partial charge in [0, 0.05) is 84.7 Å². The lowest BCUT2D eigenvalue weighted by molar-refractivity contribution is -0.136. The van der Waals surface area contributed by atoms with Crippen LogP contribution < -0.4 is 10.6 Å². The number of benzene rings is 2. The molecule has 1 aromatic heterocycles. The van der Waals surface area contributed by atoms with Gasteiger partial charge in [0.05, 0.1) is 30.5 Å². The Kier molecular flexibility index (Phi) is 9.99. The summed E-state index contributed by atoms with van der Waals surface area (Å²) in [6.07, 6.45) is 1.99. The molecule has 0 unspecified atom stereocenters. The molecule has 3 N–H and O–H groups in total. The van der Waals surface area contributed by atoms with Crippen molar-refractivity contribution in [3.8, 4) is 23.1 Å². The Morgan fingerprint density at radius 1 is 1.20 bits per heavy atom. The SMILES string of the molecule is C[C@H]1COCCN1CCCn1nc(-c2ccc(Cl)c(C#Cc3ccc(Cl)c(CNCC(=O)O)c3)c2)c2c1CCNC2. The lowest BCUT2D eigenvalue weighted by Gasteiger charge is -2.33. The summed E-state index contributed by atoms with van der Waals surface area (Å²) in [6, 6.07) is 11.8. The molecular weight excluding hydrogens is 561 g/mol. The molecule has 0 radical (unpaired) electrons. The average molecular weight is 597 g/mol. The molecule has 3 aromatic rings. The second-order valence-electron chi connectivity index (χ2n) is 10.5. The first kappa shape index (κ1) is 29.6. The third kappa shape index (κ3) is 7.49. The average Bonchev–Trinajstić information content (AvgIpc) is 3.33. The normalized spacial score (nSPS) is 17.1. The Morgan fingerprint density at radius 3 is 2.88 bits per heavy atom. The molecule has 0 bridgehead atoms. The maximum absolute atomic E-state index is 10.8. The van der Waals surface area contributed by atoms with Crippen LogP contribution in [0.4, 0.5) is 0 Å². The summed E-state index contributed by atoms with van der Waals surface area (Å²) >= 11 is 12.9. The molecule has 5 rings (SSSR count). The number of rotatable bonds is 9. The van der Waals surface area contributed by atoms with E-state index < -0.39 is 5.97 Å². The molecule has 2 aliphatic rings. The Hall–Kier alpha value is -2.90. The number of carboxylic acids is 1. The second kappa shape index (κ2) is 13.8. The number of nitrogens with zero attached hydrogens (tertiary/aromatic N) is 3. The molecule has 0 amide bonds. The molecule has 0 aliphatic carbocycles. The van der Waals surface area contributed by atoms with Crippen LogP contribution in [-0.2, 0) is 35.6 Å². The van der Waals surface area contributed by atoms with Gasteiger partial charge in [-0.25, -0.2) is 0 Å². The predicted molar refractivity (Wildman–Crippen MR) is 161 cm³/mol. The van der Waals surface area contributed by atoms with Crippen molar-refractivity contribution in [2.75, 3.05) is 39.4 Å². The first-order valence-corrected chi connectivity index (χ1v) is 14.8. The van der Waals surface area contributed by atoms with Crippen LogP contribution in [0.5, 0.6) is 0 Å². The number of aliphatic carboxylic acids is 1. The fourth-order valence-electron chi connectivity index (χ4n) is 5.35. The number of morpholine rings is 1. The van der Waals surface area contributed by atoms with Gasteiger partial charge in [0.2, 0.25) is 0 Å². The van der Waals surface area contributed by atoms with E-state index in [2.05, 4.69) is 39.0 Å². The summed E-state index contributed by atoms with van der Waals surface area (Å²) < 4.78 is 7.78. The molecule has 1 atom stereocenters. The monoisotopic (exact) mass is 595 g/mol. The lowest BCUT2D eigenvalue weighted by Crippen LogP contribution is -2.44. The molecular formula is C31H35Cl2N5O3. The van der Waals surface area contributed by atoms with Gasteiger partial charge in [-0.3, -0.25) is 14.4 Å². The Morgan fingerprint density at radius 2 is 2.05 bits per heavy atom. The van der Waals surface area contributed by atoms with Crippen LogP contribution >= 0.6 is 23.2 Å². The summed E-state index contributed by atoms with van der Waals surface area (Å²) in [5.74, 6) is 5.48. The predicted octanol–water partition coefficient (Wildman–Crippen LogP) is 4.19. The van der Waals surface area contributed by atoms with E-state index in [1.807, 2.05) is 30.3 Å². The van der Waals surface area contributed by atoms with E-state index in [1.165, 1.54) is 11.3 Å². The Labute approximate surface area is 251 Å². The number of carboxylic acid groups (broad SMARTS) is 1. The summed E-state index contributed by atoms with van der Waals surface area (Å²) in [4.78, 5) is 13.3. The number of aryl methyl sites for hydroxylation is 1. The van der Waals surface area contributed by atoms with Gasteiger partial charge in [0.1, 0.15) is 0 Å². The highest BCUT2D eigenvalue weighted by atomic mass is 35.5. The van der Waals surface area contributed by atoms with E-state index >= 15 is 0 Å². The molecule has 3 heterocycles. The van der Waals surface area contributed by atoms with Gasteiger partial charge in [0.25, 0.3) is 0 Å². The van der Waals surface area contributed by atoms with E-state index in [0.29, 0.717) is 22.6 Å². The molecule has 41 heavy (non-hydrogen) atoms. The first-order valence-electron chi connectivity index (χ1n) is 14.0. The molecule has 1 saturated heterocycles. The van der Waals surface area contributed by atoms with Crippen LogP contribution in [0, 0.1) is 11.8 Å². The second-order valence-corrected chi connectivity index (χ2v) is 11.3. The zero-order valence-corrected chi connectivity index (χ0v) is 24.7. The smallest absolute Gasteiger partial charge is 0.317 e. The fraction of sp³-hybridized carbons (Fsp3) is 0.419. The number of hydrogen-bond acceptors (Lipinski definition) is 6. The Bertz CT molecular complexity index is 1460. The zero-order chi connectivity index (χ0) is 28.8. The van der Waals surface area contributed by atoms with Gasteiger partial charge in [-0.15, -0.1) is 0 Å². The lowest BCUT2D eigenvalue weighted by atomic mass is 10.0. The highest BCUT2D eigenvalue weighted by Gasteiger charge is 2.23. The third-order valence-corrected chi connectivity index (χ3v) is 8.24. The van der Waals surface area contributed by atoms with E-state index in [9.17, 15) is 4.79 Å². The molecule has 10 heteroatoms. The molecule has 0 saturated carbocycles. The summed E-state index contributed by atoms with van der Waals surface area (Å²) in [7, 11) is 0. The zero-order valence-electron chi connectivity index (χ0n) is 23.2. The van der Waals surface area contributed by atoms with E-state index in [0.717, 1.165) is 86.7 Å². The largest absolute Gasteiger partial charge is 0.480 e. The van der Waals surface area contributed by atoms with Crippen molar-refractivity contribution in [2.24, 2.45) is 0 Å². The number of fused-ring (bicyclic) bond motifs is 1. The fourth-order valence-corrected chi connectivity index (χ4v) is 5.70. The maximum Gasteiger partial charge on any atom is 0.317 e. The third-order valence-electron chi connectivity index (χ3n) is 7.55. The highest BCUT2D eigenvalue weighted by Crippen LogP contribution is 2.30. The van der Waals surface area contributed by atoms with Crippen molar-refractivity contribution in [1.29, 1.82) is 0 Å². The van der Waals surface area contributed by atoms with Crippen LogP contribution in [0.15, 0.2) is 36.4 Å². The molecule has 8 nitrogen and oxygen atoms in total. The Balaban J connectivity index is 1.35. The van der Waals surface area contributed by atoms with Gasteiger partial charge >= 0.3 is 5.97 Å². The first-order chi connectivity index (χ1) is 19.9. The van der Waals surface area contributed by atoms with E-state index in [-0.39, 0.29) is 6.54 Å². The number of carbonyl (C=O) groups is 1. The van der Waals surface area contributed by atoms with Gasteiger partial charge in [-0.05, 0) is 49.2 Å². The van der Waals surface area contributed by atoms with Crippen molar-refractivity contribution >= 4 is 29.2 Å². The summed E-state index contributed by atoms with van der Waals surface area (Å²) in [6.45, 7) is 8.68. The number of halogens is 2. The van der Waals surface area contributed by atoms with Crippen molar-refractivity contribution in [3.05, 3.63) is 74.4 Å². The topological polar surface area (TPSA) is 91.7 Å². The molecule has 2 aromatic carbocycles.